The van der Waals surface area contributed by atoms with E-state index < -0.39 is 28.0 Å². The number of nitrogens with one attached hydrogen (secondary N) is 1. The molecule has 0 aromatic heterocycles. The normalized spacial score (nSPS) is 13.2. The maximum Gasteiger partial charge on any atom is 0.267 e. The van der Waals surface area contributed by atoms with E-state index in [1.807, 2.05) is 6.08 Å². The minimum atomic E-state index is -4.34. The van der Waals surface area contributed by atoms with E-state index in [0.717, 1.165) is 38.5 Å². The highest BCUT2D eigenvalue weighted by Crippen LogP contribution is 2.16. The molecule has 3 N–H and O–H groups in total. The van der Waals surface area contributed by atoms with Gasteiger partial charge < -0.3 is 10.4 Å². The Bertz CT molecular complexity index is 877. The molecule has 0 saturated heterocycles. The summed E-state index contributed by atoms with van der Waals surface area (Å²) < 4.78 is 32.5. The molecule has 0 rings (SSSR count). The van der Waals surface area contributed by atoms with Crippen LogP contribution in [0.5, 0.6) is 0 Å². The van der Waals surface area contributed by atoms with Crippen LogP contribution < -0.4 is 5.32 Å². The fourth-order valence-corrected chi connectivity index (χ4v) is 8.01. The van der Waals surface area contributed by atoms with Crippen molar-refractivity contribution in [1.82, 2.24) is 5.32 Å². The molecule has 0 aromatic carbocycles. The monoisotopic (exact) mass is 756 g/mol. The number of carbonyl (C=O) groups is 1. The molecule has 0 aromatic rings. The highest BCUT2D eigenvalue weighted by atomic mass is 32.2. The molecule has 0 heterocycles. The lowest BCUT2D eigenvalue weighted by Gasteiger charge is -2.21. The topological polar surface area (TPSA) is 104 Å². The first kappa shape index (κ1) is 51.1. The Kier molecular flexibility index (Phi) is 39.1. The minimum Gasteiger partial charge on any atom is -0.387 e. The van der Waals surface area contributed by atoms with Gasteiger partial charge in [0.1, 0.15) is 0 Å². The van der Waals surface area contributed by atoms with Gasteiger partial charge in [0.15, 0.2) is 0 Å². The van der Waals surface area contributed by atoms with Crippen molar-refractivity contribution in [2.75, 3.05) is 5.75 Å². The van der Waals surface area contributed by atoms with Crippen molar-refractivity contribution in [3.05, 3.63) is 12.2 Å². The van der Waals surface area contributed by atoms with Crippen molar-refractivity contribution in [1.29, 1.82) is 0 Å². The first-order chi connectivity index (χ1) is 25.3. The summed E-state index contributed by atoms with van der Waals surface area (Å²) in [4.78, 5) is 12.5. The number of aliphatic hydroxyl groups excluding tert-OH is 1. The van der Waals surface area contributed by atoms with Gasteiger partial charge in [-0.3, -0.25) is 9.35 Å². The van der Waals surface area contributed by atoms with Gasteiger partial charge >= 0.3 is 0 Å². The quantitative estimate of drug-likeness (QED) is 0.0327. The van der Waals surface area contributed by atoms with Crippen LogP contribution >= 0.6 is 0 Å². The molecule has 0 aliphatic heterocycles. The summed E-state index contributed by atoms with van der Waals surface area (Å²) >= 11 is 0. The molecule has 310 valence electrons. The van der Waals surface area contributed by atoms with Crippen molar-refractivity contribution in [2.45, 2.75) is 264 Å². The summed E-state index contributed by atoms with van der Waals surface area (Å²) in [6, 6.07) is -1.05. The van der Waals surface area contributed by atoms with Crippen LogP contribution in [0.1, 0.15) is 251 Å². The van der Waals surface area contributed by atoms with E-state index in [9.17, 15) is 22.9 Å². The van der Waals surface area contributed by atoms with Crippen molar-refractivity contribution < 1.29 is 22.9 Å². The van der Waals surface area contributed by atoms with Crippen LogP contribution in [0, 0.1) is 0 Å². The lowest BCUT2D eigenvalue weighted by Crippen LogP contribution is -2.46. The molecule has 2 unspecified atom stereocenters. The molecule has 7 heteroatoms. The summed E-state index contributed by atoms with van der Waals surface area (Å²) in [5.74, 6) is -0.965. The molecule has 0 aliphatic rings. The lowest BCUT2D eigenvalue weighted by molar-refractivity contribution is -0.122. The van der Waals surface area contributed by atoms with Gasteiger partial charge in [-0.05, 0) is 19.3 Å². The molecule has 52 heavy (non-hydrogen) atoms. The minimum absolute atomic E-state index is 0.273. The van der Waals surface area contributed by atoms with Gasteiger partial charge in [-0.2, -0.15) is 8.42 Å². The number of unbranched alkanes of at least 4 members (excludes halogenated alkanes) is 34. The second kappa shape index (κ2) is 39.8. The summed E-state index contributed by atoms with van der Waals surface area (Å²) in [7, 11) is -4.34. The van der Waals surface area contributed by atoms with Crippen LogP contribution in [-0.2, 0) is 14.9 Å². The Morgan fingerprint density at radius 2 is 0.788 bits per heavy atom. The van der Waals surface area contributed by atoms with Gasteiger partial charge in [0.25, 0.3) is 10.1 Å². The second-order valence-corrected chi connectivity index (χ2v) is 17.5. The van der Waals surface area contributed by atoms with Gasteiger partial charge in [0.05, 0.1) is 17.9 Å². The first-order valence-electron chi connectivity index (χ1n) is 22.9. The molecule has 6 nitrogen and oxygen atoms in total. The third-order valence-corrected chi connectivity index (χ3v) is 11.5. The van der Waals surface area contributed by atoms with Crippen molar-refractivity contribution in [2.24, 2.45) is 0 Å². The number of aliphatic hydroxyl groups is 1. The van der Waals surface area contributed by atoms with Crippen LogP contribution in [0.3, 0.4) is 0 Å². The lowest BCUT2D eigenvalue weighted by atomic mass is 10.0. The number of hydrogen-bond acceptors (Lipinski definition) is 4. The smallest absolute Gasteiger partial charge is 0.267 e. The number of amides is 1. The van der Waals surface area contributed by atoms with Crippen LogP contribution in [0.15, 0.2) is 12.2 Å². The Balaban J connectivity index is 3.76. The molecule has 2 atom stereocenters. The Morgan fingerprint density at radius 1 is 0.500 bits per heavy atom. The third-order valence-electron chi connectivity index (χ3n) is 10.7. The fourth-order valence-electron chi connectivity index (χ4n) is 7.28. The zero-order valence-electron chi connectivity index (χ0n) is 34.7. The number of hydrogen-bond donors (Lipinski definition) is 3. The van der Waals surface area contributed by atoms with Crippen LogP contribution in [0.4, 0.5) is 0 Å². The molecule has 0 bridgehead atoms. The number of carbonyl (C=O) groups excluding carboxylic acids is 1. The van der Waals surface area contributed by atoms with Crippen LogP contribution in [0.25, 0.3) is 0 Å². The highest BCUT2D eigenvalue weighted by molar-refractivity contribution is 7.85. The molecular formula is C45H89NO5S. The largest absolute Gasteiger partial charge is 0.387 e. The van der Waals surface area contributed by atoms with Gasteiger partial charge in [-0.15, -0.1) is 0 Å². The summed E-state index contributed by atoms with van der Waals surface area (Å²) in [6.45, 7) is 4.54. The molecule has 0 spiro atoms. The van der Waals surface area contributed by atoms with E-state index in [1.165, 1.54) is 193 Å². The summed E-state index contributed by atoms with van der Waals surface area (Å²) in [5.41, 5.74) is 0. The van der Waals surface area contributed by atoms with Gasteiger partial charge in [0.2, 0.25) is 5.91 Å². The van der Waals surface area contributed by atoms with Gasteiger partial charge in [0, 0.05) is 6.42 Å². The number of allylic oxidation sites excluding steroid dienone is 1. The maximum absolute atomic E-state index is 12.5. The van der Waals surface area contributed by atoms with Crippen LogP contribution in [0.2, 0.25) is 0 Å². The maximum atomic E-state index is 12.5. The Labute approximate surface area is 324 Å². The summed E-state index contributed by atoms with van der Waals surface area (Å²) in [5, 5.41) is 13.3. The predicted molar refractivity (Wildman–Crippen MR) is 226 cm³/mol. The summed E-state index contributed by atoms with van der Waals surface area (Å²) in [6.07, 6.45) is 49.2. The average Bonchev–Trinajstić information content (AvgIpc) is 3.11. The predicted octanol–water partition coefficient (Wildman–Crippen LogP) is 13.7. The third kappa shape index (κ3) is 40.3. The van der Waals surface area contributed by atoms with Gasteiger partial charge in [-0.1, -0.05) is 238 Å². The van der Waals surface area contributed by atoms with Crippen molar-refractivity contribution >= 4 is 16.0 Å². The van der Waals surface area contributed by atoms with E-state index in [-0.39, 0.29) is 5.91 Å². The fraction of sp³-hybridized carbons (Fsp3) is 0.933. The molecule has 0 radical (unpaired) electrons. The van der Waals surface area contributed by atoms with Crippen LogP contribution in [-0.4, -0.2) is 41.9 Å². The Morgan fingerprint density at radius 3 is 1.10 bits per heavy atom. The molecule has 0 fully saturated rings. The van der Waals surface area contributed by atoms with Crippen molar-refractivity contribution in [3.8, 4) is 0 Å². The zero-order valence-corrected chi connectivity index (χ0v) is 35.5. The highest BCUT2D eigenvalue weighted by Gasteiger charge is 2.24. The second-order valence-electron chi connectivity index (χ2n) is 16.0. The van der Waals surface area contributed by atoms with E-state index >= 15 is 0 Å². The van der Waals surface area contributed by atoms with E-state index in [2.05, 4.69) is 19.2 Å². The van der Waals surface area contributed by atoms with E-state index in [0.29, 0.717) is 6.42 Å². The molecular weight excluding hydrogens is 667 g/mol. The zero-order chi connectivity index (χ0) is 38.2. The van der Waals surface area contributed by atoms with E-state index in [4.69, 9.17) is 0 Å². The molecule has 1 amide bonds. The van der Waals surface area contributed by atoms with Crippen molar-refractivity contribution in [3.63, 3.8) is 0 Å². The van der Waals surface area contributed by atoms with E-state index in [1.54, 1.807) is 6.08 Å². The molecule has 0 aliphatic carbocycles. The SMILES string of the molecule is CCCCCCCCCCCCCC/C=C/C(O)C(CS(=O)(=O)O)NC(=O)CCCCCCCCCCCCCCCCCCCCCCCCC. The standard InChI is InChI=1S/C45H89NO5S/c1-3-5-7-9-11-13-15-17-19-20-21-22-23-24-25-26-27-29-31-33-35-37-39-41-45(48)46-43(42-52(49,50)51)44(47)40-38-36-34-32-30-28-18-16-14-12-10-8-6-4-2/h38,40,43-44,47H,3-37,39,41-42H2,1-2H3,(H,46,48)(H,49,50,51)/b40-38+. The molecule has 0 saturated carbocycles. The first-order valence-corrected chi connectivity index (χ1v) is 24.5. The Hall–Kier alpha value is -0.920. The number of rotatable bonds is 42. The average molecular weight is 756 g/mol. The van der Waals surface area contributed by atoms with Gasteiger partial charge in [-0.25, -0.2) is 0 Å².